The summed E-state index contributed by atoms with van der Waals surface area (Å²) in [5.74, 6) is 1.61. The molecule has 1 fully saturated rings. The molecule has 3 heterocycles. The third kappa shape index (κ3) is 2.41. The summed E-state index contributed by atoms with van der Waals surface area (Å²) < 4.78 is 16.5. The highest BCUT2D eigenvalue weighted by molar-refractivity contribution is 7.99. The van der Waals surface area contributed by atoms with E-state index >= 15 is 0 Å². The highest BCUT2D eigenvalue weighted by Crippen LogP contribution is 2.35. The summed E-state index contributed by atoms with van der Waals surface area (Å²) in [7, 11) is 0. The minimum absolute atomic E-state index is 0.102. The number of hydrogen-bond donors (Lipinski definition) is 1. The van der Waals surface area contributed by atoms with Crippen LogP contribution in [0.25, 0.3) is 22.6 Å². The lowest BCUT2D eigenvalue weighted by Crippen LogP contribution is -2.47. The monoisotopic (exact) mass is 318 g/mol. The van der Waals surface area contributed by atoms with Gasteiger partial charge in [-0.15, -0.1) is 10.2 Å². The van der Waals surface area contributed by atoms with Crippen LogP contribution < -0.4 is 0 Å². The molecule has 0 amide bonds. The van der Waals surface area contributed by atoms with Gasteiger partial charge in [0, 0.05) is 16.6 Å². The van der Waals surface area contributed by atoms with E-state index in [0.717, 1.165) is 11.0 Å². The Balaban J connectivity index is 1.51. The van der Waals surface area contributed by atoms with Gasteiger partial charge in [-0.05, 0) is 12.1 Å². The molecular weight excluding hydrogens is 304 g/mol. The third-order valence-electron chi connectivity index (χ3n) is 3.70. The average Bonchev–Trinajstić information content (AvgIpc) is 3.12. The number of furan rings is 1. The first-order valence-electron chi connectivity index (χ1n) is 6.92. The molecule has 4 rings (SSSR count). The van der Waals surface area contributed by atoms with Crippen LogP contribution in [0.3, 0.4) is 0 Å². The van der Waals surface area contributed by atoms with E-state index < -0.39 is 0 Å². The Morgan fingerprint density at radius 2 is 2.05 bits per heavy atom. The van der Waals surface area contributed by atoms with Gasteiger partial charge in [0.05, 0.1) is 19.8 Å². The molecule has 0 aliphatic carbocycles. The summed E-state index contributed by atoms with van der Waals surface area (Å²) in [6.07, 6.45) is 0. The van der Waals surface area contributed by atoms with Crippen molar-refractivity contribution in [2.24, 2.45) is 5.41 Å². The van der Waals surface area contributed by atoms with Crippen LogP contribution in [-0.2, 0) is 4.74 Å². The van der Waals surface area contributed by atoms with Crippen LogP contribution in [0.2, 0.25) is 0 Å². The lowest BCUT2D eigenvalue weighted by Gasteiger charge is -2.39. The molecule has 0 bridgehead atoms. The van der Waals surface area contributed by atoms with Gasteiger partial charge in [0.2, 0.25) is 0 Å². The van der Waals surface area contributed by atoms with Crippen molar-refractivity contribution in [3.05, 3.63) is 30.3 Å². The lowest BCUT2D eigenvalue weighted by molar-refractivity contribution is -0.121. The third-order valence-corrected chi connectivity index (χ3v) is 4.87. The van der Waals surface area contributed by atoms with Crippen molar-refractivity contribution >= 4 is 22.7 Å². The first-order valence-corrected chi connectivity index (χ1v) is 7.90. The van der Waals surface area contributed by atoms with Crippen molar-refractivity contribution < 1.29 is 18.7 Å². The Morgan fingerprint density at radius 1 is 1.18 bits per heavy atom. The highest BCUT2D eigenvalue weighted by Gasteiger charge is 2.38. The number of rotatable bonds is 5. The maximum Gasteiger partial charge on any atom is 0.284 e. The Labute approximate surface area is 130 Å². The van der Waals surface area contributed by atoms with Gasteiger partial charge in [-0.1, -0.05) is 30.0 Å². The zero-order valence-corrected chi connectivity index (χ0v) is 12.5. The molecule has 3 aromatic rings. The highest BCUT2D eigenvalue weighted by atomic mass is 32.2. The summed E-state index contributed by atoms with van der Waals surface area (Å²) in [5, 5.41) is 18.9. The van der Waals surface area contributed by atoms with Gasteiger partial charge in [0.25, 0.3) is 11.1 Å². The van der Waals surface area contributed by atoms with Gasteiger partial charge in [0.1, 0.15) is 5.58 Å². The molecule has 1 saturated heterocycles. The minimum Gasteiger partial charge on any atom is -0.451 e. The SMILES string of the molecule is OCC1(CSc2nnc(-c3cc4ccccc4o3)o2)COC1. The second kappa shape index (κ2) is 5.42. The van der Waals surface area contributed by atoms with Gasteiger partial charge < -0.3 is 18.7 Å². The zero-order valence-electron chi connectivity index (χ0n) is 11.7. The number of aromatic nitrogens is 2. The number of aliphatic hydroxyl groups is 1. The molecule has 1 N–H and O–H groups in total. The predicted molar refractivity (Wildman–Crippen MR) is 80.6 cm³/mol. The summed E-state index contributed by atoms with van der Waals surface area (Å²) in [6.45, 7) is 1.24. The normalized spacial score (nSPS) is 16.8. The smallest absolute Gasteiger partial charge is 0.284 e. The number of ether oxygens (including phenoxy) is 1. The van der Waals surface area contributed by atoms with Crippen molar-refractivity contribution in [3.8, 4) is 11.7 Å². The standard InChI is InChI=1S/C15H14N2O4S/c18-6-15(7-19-8-15)9-22-14-17-16-13(21-14)12-5-10-3-1-2-4-11(10)20-12/h1-5,18H,6-9H2. The Hall–Kier alpha value is -1.83. The van der Waals surface area contributed by atoms with Gasteiger partial charge >= 0.3 is 0 Å². The van der Waals surface area contributed by atoms with Gasteiger partial charge in [0.15, 0.2) is 5.76 Å². The lowest BCUT2D eigenvalue weighted by atomic mass is 9.90. The molecule has 0 unspecified atom stereocenters. The van der Waals surface area contributed by atoms with E-state index in [1.165, 1.54) is 11.8 Å². The van der Waals surface area contributed by atoms with Crippen LogP contribution in [0.4, 0.5) is 0 Å². The number of fused-ring (bicyclic) bond motifs is 1. The van der Waals surface area contributed by atoms with Gasteiger partial charge in [-0.25, -0.2) is 0 Å². The Morgan fingerprint density at radius 3 is 2.77 bits per heavy atom. The van der Waals surface area contributed by atoms with Crippen molar-refractivity contribution in [1.82, 2.24) is 10.2 Å². The number of thioether (sulfide) groups is 1. The quantitative estimate of drug-likeness (QED) is 0.724. The van der Waals surface area contributed by atoms with E-state index in [0.29, 0.717) is 35.8 Å². The number of benzene rings is 1. The topological polar surface area (TPSA) is 81.5 Å². The largest absolute Gasteiger partial charge is 0.451 e. The van der Waals surface area contributed by atoms with Gasteiger partial charge in [-0.3, -0.25) is 0 Å². The number of hydrogen-bond acceptors (Lipinski definition) is 7. The molecule has 0 spiro atoms. The van der Waals surface area contributed by atoms with Crippen LogP contribution in [0.1, 0.15) is 0 Å². The van der Waals surface area contributed by atoms with E-state index in [2.05, 4.69) is 10.2 Å². The zero-order chi connectivity index (χ0) is 15.0. The van der Waals surface area contributed by atoms with Crippen LogP contribution in [0.15, 0.2) is 44.4 Å². The molecule has 2 aromatic heterocycles. The molecule has 114 valence electrons. The van der Waals surface area contributed by atoms with E-state index in [1.807, 2.05) is 30.3 Å². The van der Waals surface area contributed by atoms with Crippen molar-refractivity contribution in [2.45, 2.75) is 5.22 Å². The predicted octanol–water partition coefficient (Wildman–Crippen LogP) is 2.58. The fourth-order valence-electron chi connectivity index (χ4n) is 2.28. The number of aliphatic hydroxyl groups excluding tert-OH is 1. The molecule has 1 aliphatic rings. The van der Waals surface area contributed by atoms with Crippen LogP contribution in [0.5, 0.6) is 0 Å². The van der Waals surface area contributed by atoms with Crippen LogP contribution >= 0.6 is 11.8 Å². The van der Waals surface area contributed by atoms with E-state index in [9.17, 15) is 5.11 Å². The first-order chi connectivity index (χ1) is 10.8. The Bertz CT molecular complexity index is 755. The molecule has 1 aromatic carbocycles. The summed E-state index contributed by atoms with van der Waals surface area (Å²) in [6, 6.07) is 9.61. The molecule has 6 nitrogen and oxygen atoms in total. The fourth-order valence-corrected chi connectivity index (χ4v) is 3.20. The minimum atomic E-state index is -0.182. The van der Waals surface area contributed by atoms with Crippen LogP contribution in [0, 0.1) is 5.41 Å². The number of para-hydroxylation sites is 1. The molecule has 0 atom stereocenters. The summed E-state index contributed by atoms with van der Waals surface area (Å²) in [5.41, 5.74) is 0.606. The van der Waals surface area contributed by atoms with Crippen molar-refractivity contribution in [3.63, 3.8) is 0 Å². The molecular formula is C15H14N2O4S. The fraction of sp³-hybridized carbons (Fsp3) is 0.333. The molecule has 22 heavy (non-hydrogen) atoms. The van der Waals surface area contributed by atoms with Crippen LogP contribution in [-0.4, -0.2) is 40.9 Å². The Kier molecular flexibility index (Phi) is 3.40. The molecule has 7 heteroatoms. The van der Waals surface area contributed by atoms with E-state index in [1.54, 1.807) is 0 Å². The van der Waals surface area contributed by atoms with Crippen molar-refractivity contribution in [1.29, 1.82) is 0 Å². The molecule has 0 saturated carbocycles. The van der Waals surface area contributed by atoms with Crippen molar-refractivity contribution in [2.75, 3.05) is 25.6 Å². The average molecular weight is 318 g/mol. The maximum absolute atomic E-state index is 9.40. The molecule has 0 radical (unpaired) electrons. The second-order valence-corrected chi connectivity index (χ2v) is 6.39. The van der Waals surface area contributed by atoms with E-state index in [4.69, 9.17) is 13.6 Å². The van der Waals surface area contributed by atoms with Gasteiger partial charge in [-0.2, -0.15) is 0 Å². The van der Waals surface area contributed by atoms with E-state index in [-0.39, 0.29) is 12.0 Å². The summed E-state index contributed by atoms with van der Waals surface area (Å²) in [4.78, 5) is 0. The molecule has 1 aliphatic heterocycles. The second-order valence-electron chi connectivity index (χ2n) is 5.46. The first kappa shape index (κ1) is 13.8. The maximum atomic E-state index is 9.40. The summed E-state index contributed by atoms with van der Waals surface area (Å²) >= 11 is 1.43. The number of nitrogens with zero attached hydrogens (tertiary/aromatic N) is 2.